The highest BCUT2D eigenvalue weighted by molar-refractivity contribution is 6.14. The molecule has 0 aliphatic heterocycles. The van der Waals surface area contributed by atoms with Crippen LogP contribution in [0.25, 0.3) is 93.6 Å². The Balaban J connectivity index is 1.35. The molecule has 0 fully saturated rings. The van der Waals surface area contributed by atoms with E-state index >= 15 is 0 Å². The molecular weight excluding hydrogens is 619 g/mol. The van der Waals surface area contributed by atoms with Crippen LogP contribution in [0, 0.1) is 0 Å². The van der Waals surface area contributed by atoms with E-state index in [4.69, 9.17) is 19.2 Å². The van der Waals surface area contributed by atoms with Crippen molar-refractivity contribution in [2.45, 2.75) is 0 Å². The van der Waals surface area contributed by atoms with Gasteiger partial charge < -0.3 is 13.7 Å². The zero-order valence-electron chi connectivity index (χ0n) is 49.9. The number of aromatic nitrogens is 3. The normalized spacial score (nSPS) is 18.5. The van der Waals surface area contributed by atoms with E-state index in [2.05, 4.69) is 0 Å². The molecule has 0 aliphatic carbocycles. The van der Waals surface area contributed by atoms with E-state index in [9.17, 15) is 13.7 Å². The fraction of sp³-hybridized carbons (Fsp3) is 0. The molecule has 11 aromatic rings. The van der Waals surface area contributed by atoms with Crippen LogP contribution in [0.5, 0.6) is 0 Å². The Labute approximate surface area is 328 Å². The summed E-state index contributed by atoms with van der Waals surface area (Å²) in [6.45, 7) is 0. The van der Waals surface area contributed by atoms with E-state index in [1.54, 1.807) is 24.3 Å². The van der Waals surface area contributed by atoms with Gasteiger partial charge in [-0.3, -0.25) is 0 Å². The molecule has 11 rings (SSSR count). The minimum atomic E-state index is -0.949. The van der Waals surface area contributed by atoms with Gasteiger partial charge in [0.15, 0.2) is 0 Å². The van der Waals surface area contributed by atoms with Crippen molar-refractivity contribution in [3.8, 4) is 28.2 Å². The number of rotatable bonds is 4. The second-order valence-corrected chi connectivity index (χ2v) is 11.6. The first-order chi connectivity index (χ1) is 35.3. The van der Waals surface area contributed by atoms with Crippen LogP contribution >= 0.6 is 0 Å². The summed E-state index contributed by atoms with van der Waals surface area (Å²) in [7, 11) is 0. The quantitative estimate of drug-likeness (QED) is 0.177. The van der Waals surface area contributed by atoms with Crippen LogP contribution in [0.15, 0.2) is 187 Å². The van der Waals surface area contributed by atoms with Crippen LogP contribution in [-0.4, -0.2) is 13.7 Å². The van der Waals surface area contributed by atoms with Crippen molar-refractivity contribution in [2.24, 2.45) is 0 Å². The minimum absolute atomic E-state index is 0.0306. The third-order valence-electron chi connectivity index (χ3n) is 8.85. The van der Waals surface area contributed by atoms with Crippen LogP contribution in [0.1, 0.15) is 32.9 Å². The molecule has 0 bridgehead atoms. The highest BCUT2D eigenvalue weighted by Crippen LogP contribution is 2.39. The van der Waals surface area contributed by atoms with E-state index in [-0.39, 0.29) is 39.6 Å². The Kier molecular flexibility index (Phi) is 2.86. The van der Waals surface area contributed by atoms with Crippen molar-refractivity contribution >= 4 is 65.4 Å². The summed E-state index contributed by atoms with van der Waals surface area (Å²) in [5.74, 6) is 0. The summed E-state index contributed by atoms with van der Waals surface area (Å²) in [6, 6.07) is -6.59. The number of hydrogen-bond acceptors (Lipinski definition) is 0. The molecule has 0 spiro atoms. The Hall–Kier alpha value is -6.84. The maximum absolute atomic E-state index is 10.0. The summed E-state index contributed by atoms with van der Waals surface area (Å²) in [5, 5.41) is -2.53. The first-order valence-corrected chi connectivity index (χ1v) is 15.6. The summed E-state index contributed by atoms with van der Waals surface area (Å²) in [4.78, 5) is 0. The molecule has 0 unspecified atom stereocenters. The number of fused-ring (bicyclic) bond motifs is 9. The topological polar surface area (TPSA) is 14.8 Å². The van der Waals surface area contributed by atoms with Crippen molar-refractivity contribution in [2.75, 3.05) is 0 Å². The van der Waals surface area contributed by atoms with Crippen LogP contribution < -0.4 is 0 Å². The fourth-order valence-corrected chi connectivity index (χ4v) is 6.70. The lowest BCUT2D eigenvalue weighted by Crippen LogP contribution is -1.97. The number of hydrogen-bond donors (Lipinski definition) is 0. The molecule has 0 saturated carbocycles. The first kappa shape index (κ1) is 13.5. The third-order valence-corrected chi connectivity index (χ3v) is 8.85. The largest absolute Gasteiger partial charge is 0.309 e. The van der Waals surface area contributed by atoms with E-state index in [0.717, 1.165) is 9.13 Å². The van der Waals surface area contributed by atoms with Gasteiger partial charge in [0.25, 0.3) is 0 Å². The van der Waals surface area contributed by atoms with Gasteiger partial charge in [0.05, 0.1) is 66.0 Å². The molecule has 0 amide bonds. The molecular formula is C48H31N3. The van der Waals surface area contributed by atoms with Crippen molar-refractivity contribution in [3.05, 3.63) is 187 Å². The van der Waals surface area contributed by atoms with Crippen LogP contribution in [0.2, 0.25) is 0 Å². The lowest BCUT2D eigenvalue weighted by atomic mass is 10.1. The zero-order valence-corrected chi connectivity index (χ0v) is 25.9. The predicted octanol–water partition coefficient (Wildman–Crippen LogP) is 12.6. The number of nitrogens with zero attached hydrogens (tertiary/aromatic N) is 3. The van der Waals surface area contributed by atoms with Gasteiger partial charge in [0.1, 0.15) is 0 Å². The molecule has 3 nitrogen and oxygen atoms in total. The average molecular weight is 674 g/mol. The molecule has 0 N–H and O–H groups in total. The summed E-state index contributed by atoms with van der Waals surface area (Å²) >= 11 is 0. The molecule has 0 radical (unpaired) electrons. The molecule has 0 saturated heterocycles. The van der Waals surface area contributed by atoms with Gasteiger partial charge in [-0.05, 0) is 83.7 Å². The summed E-state index contributed by atoms with van der Waals surface area (Å²) in [6.07, 6.45) is 0. The van der Waals surface area contributed by atoms with Gasteiger partial charge >= 0.3 is 0 Å². The second kappa shape index (κ2) is 10.8. The van der Waals surface area contributed by atoms with Crippen molar-refractivity contribution in [1.82, 2.24) is 13.7 Å². The van der Waals surface area contributed by atoms with E-state index < -0.39 is 188 Å². The molecule has 3 aromatic heterocycles. The predicted molar refractivity (Wildman–Crippen MR) is 215 cm³/mol. The Morgan fingerprint density at radius 3 is 1.22 bits per heavy atom. The SMILES string of the molecule is [2H]c1cc([2H])cc(-c2cccc(-n3c4c([2H])c([2H])c([2H])c([2H])c4c4c([2H])c(-n5c6c([2H])c([2H])c([2H])c([2H])c6c6c([2H])c(-n7c8c([2H])c([2H])c([2H])c([2H])c8c8c([2H])c([2H])c([2H])c([2H])c87)c([2H])c([2H])c65)c([2H])c([2H])c43)c2)c1. The monoisotopic (exact) mass is 673 g/mol. The number of para-hydroxylation sites is 4. The fourth-order valence-electron chi connectivity index (χ4n) is 6.70. The highest BCUT2D eigenvalue weighted by Gasteiger charge is 2.18. The first-order valence-electron chi connectivity index (χ1n) is 27.6. The van der Waals surface area contributed by atoms with Gasteiger partial charge in [-0.1, -0.05) is 115 Å². The van der Waals surface area contributed by atoms with Crippen LogP contribution in [0.3, 0.4) is 0 Å². The highest BCUT2D eigenvalue weighted by atomic mass is 15.0. The number of benzene rings is 8. The molecule has 8 aromatic carbocycles. The van der Waals surface area contributed by atoms with Crippen molar-refractivity contribution < 1.29 is 32.9 Å². The van der Waals surface area contributed by atoms with E-state index in [0.29, 0.717) is 11.1 Å². The molecule has 0 atom stereocenters. The van der Waals surface area contributed by atoms with Gasteiger partial charge in [-0.2, -0.15) is 0 Å². The Bertz CT molecular complexity index is 4430. The Morgan fingerprint density at radius 2 is 0.725 bits per heavy atom. The lowest BCUT2D eigenvalue weighted by molar-refractivity contribution is 1.16. The molecule has 0 aliphatic rings. The van der Waals surface area contributed by atoms with Crippen LogP contribution in [-0.2, 0) is 0 Å². The van der Waals surface area contributed by atoms with E-state index in [1.165, 1.54) is 22.8 Å². The average Bonchev–Trinajstić information content (AvgIpc) is 4.10. The van der Waals surface area contributed by atoms with E-state index in [1.807, 2.05) is 0 Å². The van der Waals surface area contributed by atoms with Gasteiger partial charge in [0.2, 0.25) is 0 Å². The maximum atomic E-state index is 10.0. The smallest absolute Gasteiger partial charge is 0.0652 e. The van der Waals surface area contributed by atoms with Gasteiger partial charge in [0, 0.05) is 49.4 Å². The molecule has 51 heavy (non-hydrogen) atoms. The lowest BCUT2D eigenvalue weighted by Gasteiger charge is -2.12. The molecule has 238 valence electrons. The second-order valence-electron chi connectivity index (χ2n) is 11.6. The van der Waals surface area contributed by atoms with Gasteiger partial charge in [-0.15, -0.1) is 0 Å². The minimum Gasteiger partial charge on any atom is -0.309 e. The van der Waals surface area contributed by atoms with Gasteiger partial charge in [-0.25, -0.2) is 0 Å². The molecule has 3 heteroatoms. The zero-order chi connectivity index (χ0) is 54.4. The summed E-state index contributed by atoms with van der Waals surface area (Å²) < 4.78 is 220. The van der Waals surface area contributed by atoms with Crippen molar-refractivity contribution in [1.29, 1.82) is 0 Å². The van der Waals surface area contributed by atoms with Crippen LogP contribution in [0.4, 0.5) is 0 Å². The summed E-state index contributed by atoms with van der Waals surface area (Å²) in [5.41, 5.74) is -3.02. The molecule has 3 heterocycles. The third kappa shape index (κ3) is 4.12. The standard InChI is InChI=1S/C48H31N3/c1-2-13-32(14-3-1)33-15-12-16-34(29-33)49-45-23-10-6-19-39(45)41-31-36(26-27-47(41)49)51-46-24-11-7-20-40(46)42-30-35(25-28-48(42)51)50-43-21-8-4-17-37(43)38-18-5-9-22-44(38)50/h1-31H/i2D,3D,4D,5D,6D,7D,8D,9D,10D,11D,17D,18D,19D,20D,21D,22D,23D,24D,25D,26D,27D,28D,30D,31D. The van der Waals surface area contributed by atoms with Crippen molar-refractivity contribution in [3.63, 3.8) is 0 Å². The Morgan fingerprint density at radius 1 is 0.314 bits per heavy atom. The maximum Gasteiger partial charge on any atom is 0.0652 e.